The Labute approximate surface area is 78.0 Å². The zero-order valence-electron chi connectivity index (χ0n) is 7.91. The molecule has 1 aromatic heterocycles. The van der Waals surface area contributed by atoms with Crippen molar-refractivity contribution in [3.63, 3.8) is 0 Å². The molecule has 0 unspecified atom stereocenters. The smallest absolute Gasteiger partial charge is 0.224 e. The van der Waals surface area contributed by atoms with Gasteiger partial charge in [0.05, 0.1) is 0 Å². The summed E-state index contributed by atoms with van der Waals surface area (Å²) in [4.78, 5) is 7.40. The highest BCUT2D eigenvalue weighted by Crippen LogP contribution is 2.04. The first-order valence-electron chi connectivity index (χ1n) is 4.15. The Hall–Kier alpha value is -1.64. The average molecular weight is 176 g/mol. The number of nitrogens with one attached hydrogen (secondary N) is 1. The Kier molecular flexibility index (Phi) is 3.20. The lowest BCUT2D eigenvalue weighted by Crippen LogP contribution is -2.61. The third-order valence-electron chi connectivity index (χ3n) is 1.67. The van der Waals surface area contributed by atoms with Crippen molar-refractivity contribution in [2.24, 2.45) is 5.73 Å². The molecule has 0 atom stereocenters. The molecule has 3 nitrogen and oxygen atoms in total. The van der Waals surface area contributed by atoms with E-state index < -0.39 is 0 Å². The van der Waals surface area contributed by atoms with Gasteiger partial charge in [0.1, 0.15) is 5.69 Å². The van der Waals surface area contributed by atoms with Gasteiger partial charge in [0.15, 0.2) is 6.21 Å². The van der Waals surface area contributed by atoms with Crippen LogP contribution in [0.3, 0.4) is 0 Å². The molecule has 68 valence electrons. The average Bonchev–Trinajstić information content (AvgIpc) is 2.09. The van der Waals surface area contributed by atoms with Gasteiger partial charge in [-0.05, 0) is 26.1 Å². The van der Waals surface area contributed by atoms with Crippen LogP contribution in [0.1, 0.15) is 11.4 Å². The number of allylic oxidation sites excluding steroid dienone is 1. The van der Waals surface area contributed by atoms with Gasteiger partial charge >= 0.3 is 0 Å². The monoisotopic (exact) mass is 176 g/mol. The van der Waals surface area contributed by atoms with Gasteiger partial charge in [0.25, 0.3) is 0 Å². The highest BCUT2D eigenvalue weighted by molar-refractivity contribution is 5.66. The number of aromatic nitrogens is 1. The van der Waals surface area contributed by atoms with E-state index in [1.165, 1.54) is 6.20 Å². The maximum absolute atomic E-state index is 5.19. The fraction of sp³-hybridized carbons (Fsp3) is 0.200. The molecular weight excluding hydrogens is 162 g/mol. The highest BCUT2D eigenvalue weighted by Gasteiger charge is 2.01. The van der Waals surface area contributed by atoms with Crippen LogP contribution >= 0.6 is 0 Å². The number of nitrogens with zero attached hydrogens (tertiary/aromatic N) is 1. The van der Waals surface area contributed by atoms with Crippen LogP contribution in [-0.2, 0) is 0 Å². The van der Waals surface area contributed by atoms with E-state index in [-0.39, 0.29) is 0 Å². The van der Waals surface area contributed by atoms with Gasteiger partial charge in [0, 0.05) is 17.8 Å². The molecule has 0 aliphatic heterocycles. The molecule has 0 aromatic carbocycles. The van der Waals surface area contributed by atoms with Crippen molar-refractivity contribution in [2.45, 2.75) is 13.8 Å². The molecular formula is C10H14N3+. The van der Waals surface area contributed by atoms with Gasteiger partial charge in [-0.3, -0.25) is 4.98 Å². The van der Waals surface area contributed by atoms with Crippen molar-refractivity contribution in [1.29, 1.82) is 0 Å². The first-order chi connectivity index (χ1) is 6.24. The Bertz CT molecular complexity index is 340. The van der Waals surface area contributed by atoms with E-state index in [9.17, 15) is 0 Å². The lowest BCUT2D eigenvalue weighted by molar-refractivity contribution is -0.347. The molecule has 1 heterocycles. The van der Waals surface area contributed by atoms with Gasteiger partial charge in [0.2, 0.25) is 5.69 Å². The summed E-state index contributed by atoms with van der Waals surface area (Å²) in [6.07, 6.45) is 4.99. The summed E-state index contributed by atoms with van der Waals surface area (Å²) in [5.41, 5.74) is 8.20. The van der Waals surface area contributed by atoms with Crippen LogP contribution in [-0.4, -0.2) is 11.2 Å². The topological polar surface area (TPSA) is 52.9 Å². The number of nitrogens with two attached hydrogens (primary N) is 1. The van der Waals surface area contributed by atoms with E-state index >= 15 is 0 Å². The van der Waals surface area contributed by atoms with E-state index in [2.05, 4.69) is 9.98 Å². The summed E-state index contributed by atoms with van der Waals surface area (Å²) in [5.74, 6) is 0. The van der Waals surface area contributed by atoms with Gasteiger partial charge in [-0.15, -0.1) is 0 Å². The first-order valence-corrected chi connectivity index (χ1v) is 4.15. The van der Waals surface area contributed by atoms with Gasteiger partial charge in [-0.25, -0.2) is 4.99 Å². The second-order valence-electron chi connectivity index (χ2n) is 2.78. The summed E-state index contributed by atoms with van der Waals surface area (Å²) in [5, 5.41) is 0. The first kappa shape index (κ1) is 9.45. The second-order valence-corrected chi connectivity index (χ2v) is 2.78. The summed E-state index contributed by atoms with van der Waals surface area (Å²) < 4.78 is 0. The quantitative estimate of drug-likeness (QED) is 0.621. The molecule has 13 heavy (non-hydrogen) atoms. The lowest BCUT2D eigenvalue weighted by Gasteiger charge is -1.94. The third-order valence-corrected chi connectivity index (χ3v) is 1.67. The largest absolute Gasteiger partial charge is 0.404 e. The molecule has 3 heteroatoms. The SMILES string of the molecule is Cc1ccc([NH+]=CC=CN)c(C)n1. The number of hydrogen-bond acceptors (Lipinski definition) is 2. The summed E-state index contributed by atoms with van der Waals surface area (Å²) in [6.45, 7) is 3.94. The Balaban J connectivity index is 2.89. The van der Waals surface area contributed by atoms with E-state index in [0.29, 0.717) is 0 Å². The fourth-order valence-electron chi connectivity index (χ4n) is 1.03. The minimum Gasteiger partial charge on any atom is -0.404 e. The zero-order valence-corrected chi connectivity index (χ0v) is 7.91. The third kappa shape index (κ3) is 2.71. The van der Waals surface area contributed by atoms with Crippen molar-refractivity contribution >= 4 is 11.9 Å². The number of pyridine rings is 1. The normalized spacial score (nSPS) is 11.5. The van der Waals surface area contributed by atoms with E-state index in [4.69, 9.17) is 5.73 Å². The molecule has 0 saturated heterocycles. The van der Waals surface area contributed by atoms with Gasteiger partial charge in [-0.1, -0.05) is 0 Å². The van der Waals surface area contributed by atoms with Crippen LogP contribution in [0.5, 0.6) is 0 Å². The maximum atomic E-state index is 5.19. The van der Waals surface area contributed by atoms with Crippen LogP contribution in [0.15, 0.2) is 24.4 Å². The predicted octanol–water partition coefficient (Wildman–Crippen LogP) is -0.0463. The van der Waals surface area contributed by atoms with E-state index in [1.807, 2.05) is 26.0 Å². The van der Waals surface area contributed by atoms with E-state index in [1.54, 1.807) is 12.3 Å². The molecule has 0 amide bonds. The molecule has 0 spiro atoms. The molecule has 0 radical (unpaired) electrons. The van der Waals surface area contributed by atoms with Gasteiger partial charge in [-0.2, -0.15) is 0 Å². The number of rotatable bonds is 2. The predicted molar refractivity (Wildman–Crippen MR) is 53.7 cm³/mol. The number of aryl methyl sites for hydroxylation is 2. The summed E-state index contributed by atoms with van der Waals surface area (Å²) >= 11 is 0. The summed E-state index contributed by atoms with van der Waals surface area (Å²) in [7, 11) is 0. The van der Waals surface area contributed by atoms with Crippen LogP contribution in [0.25, 0.3) is 0 Å². The van der Waals surface area contributed by atoms with Crippen molar-refractivity contribution < 1.29 is 4.99 Å². The van der Waals surface area contributed by atoms with Crippen molar-refractivity contribution in [3.8, 4) is 0 Å². The zero-order chi connectivity index (χ0) is 9.68. The second kappa shape index (κ2) is 4.40. The highest BCUT2D eigenvalue weighted by atomic mass is 14.8. The molecule has 0 bridgehead atoms. The Morgan fingerprint density at radius 1 is 1.38 bits per heavy atom. The standard InChI is InChI=1S/C10H13N3/c1-8-4-5-10(9(2)13-8)12-7-3-6-11/h3-7H,11H2,1-2H3/p+1. The molecule has 1 aromatic rings. The summed E-state index contributed by atoms with van der Waals surface area (Å²) in [6, 6.07) is 3.97. The number of hydrogen-bond donors (Lipinski definition) is 2. The molecule has 0 aliphatic rings. The lowest BCUT2D eigenvalue weighted by atomic mass is 10.3. The Morgan fingerprint density at radius 2 is 2.15 bits per heavy atom. The van der Waals surface area contributed by atoms with Gasteiger partial charge < -0.3 is 5.73 Å². The van der Waals surface area contributed by atoms with Crippen LogP contribution in [0.4, 0.5) is 5.69 Å². The molecule has 1 rings (SSSR count). The molecule has 0 saturated carbocycles. The van der Waals surface area contributed by atoms with Crippen LogP contribution < -0.4 is 10.7 Å². The van der Waals surface area contributed by atoms with Crippen LogP contribution in [0.2, 0.25) is 0 Å². The molecule has 3 N–H and O–H groups in total. The van der Waals surface area contributed by atoms with Crippen LogP contribution in [0, 0.1) is 13.8 Å². The van der Waals surface area contributed by atoms with Crippen molar-refractivity contribution in [3.05, 3.63) is 35.8 Å². The fourth-order valence-corrected chi connectivity index (χ4v) is 1.03. The minimum absolute atomic E-state index is 0.988. The Morgan fingerprint density at radius 3 is 2.77 bits per heavy atom. The van der Waals surface area contributed by atoms with E-state index in [0.717, 1.165) is 17.1 Å². The minimum atomic E-state index is 0.988. The molecule has 0 aliphatic carbocycles. The van der Waals surface area contributed by atoms with Crippen molar-refractivity contribution in [2.75, 3.05) is 0 Å². The molecule has 0 fully saturated rings. The maximum Gasteiger partial charge on any atom is 0.224 e. The van der Waals surface area contributed by atoms with Crippen molar-refractivity contribution in [1.82, 2.24) is 4.98 Å².